The van der Waals surface area contributed by atoms with Crippen LogP contribution < -0.4 is 5.32 Å². The van der Waals surface area contributed by atoms with Gasteiger partial charge in [-0.3, -0.25) is 9.59 Å². The van der Waals surface area contributed by atoms with Crippen LogP contribution in [0, 0.1) is 29.1 Å². The second-order valence-corrected chi connectivity index (χ2v) is 11.9. The molecule has 35 heavy (non-hydrogen) atoms. The normalized spacial score (nSPS) is 48.1. The zero-order valence-corrected chi connectivity index (χ0v) is 21.5. The topological polar surface area (TPSA) is 88.2 Å². The summed E-state index contributed by atoms with van der Waals surface area (Å²) in [6.45, 7) is 8.11. The number of nitrogens with one attached hydrogen (secondary N) is 1. The Morgan fingerprint density at radius 3 is 2.57 bits per heavy atom. The molecule has 0 aromatic heterocycles. The van der Waals surface area contributed by atoms with E-state index in [-0.39, 0.29) is 59.5 Å². The highest BCUT2D eigenvalue weighted by Crippen LogP contribution is 2.66. The molecule has 1 spiro atoms. The Bertz CT molecular complexity index is 1020. The lowest BCUT2D eigenvalue weighted by Crippen LogP contribution is -2.59. The van der Waals surface area contributed by atoms with E-state index in [0.29, 0.717) is 12.8 Å². The van der Waals surface area contributed by atoms with E-state index in [2.05, 4.69) is 50.4 Å². The van der Waals surface area contributed by atoms with Crippen LogP contribution >= 0.6 is 0 Å². The highest BCUT2D eigenvalue weighted by Gasteiger charge is 2.78. The maximum Gasteiger partial charge on any atom is 0.235 e. The second kappa shape index (κ2) is 8.53. The molecule has 2 aliphatic carbocycles. The first kappa shape index (κ1) is 24.7. The molecule has 10 atom stereocenters. The van der Waals surface area contributed by atoms with Gasteiger partial charge in [-0.15, -0.1) is 0 Å². The largest absolute Gasteiger partial charge is 0.387 e. The lowest BCUT2D eigenvalue weighted by molar-refractivity contribution is -0.155. The Hall–Kier alpha value is -2.02. The van der Waals surface area contributed by atoms with Gasteiger partial charge in [0.2, 0.25) is 5.91 Å². The lowest BCUT2D eigenvalue weighted by Gasteiger charge is -2.46. The summed E-state index contributed by atoms with van der Waals surface area (Å²) in [4.78, 5) is 28.4. The zero-order valence-electron chi connectivity index (χ0n) is 21.5. The van der Waals surface area contributed by atoms with E-state index < -0.39 is 17.1 Å². The van der Waals surface area contributed by atoms with Gasteiger partial charge in [-0.25, -0.2) is 0 Å². The van der Waals surface area contributed by atoms with Crippen molar-refractivity contribution in [3.8, 4) is 0 Å². The summed E-state index contributed by atoms with van der Waals surface area (Å²) in [5.74, 6) is -0.683. The van der Waals surface area contributed by atoms with Gasteiger partial charge in [-0.2, -0.15) is 0 Å². The van der Waals surface area contributed by atoms with E-state index in [4.69, 9.17) is 9.47 Å². The van der Waals surface area contributed by atoms with Gasteiger partial charge >= 0.3 is 0 Å². The molecule has 1 amide bonds. The van der Waals surface area contributed by atoms with Gasteiger partial charge in [0.1, 0.15) is 5.41 Å². The third-order valence-corrected chi connectivity index (χ3v) is 9.59. The lowest BCUT2D eigenvalue weighted by atomic mass is 9.51. The molecular formula is C29H39NO5. The van der Waals surface area contributed by atoms with E-state index in [0.717, 1.165) is 12.0 Å². The number of carbonyl (C=O) groups is 2. The minimum absolute atomic E-state index is 0.00130. The van der Waals surface area contributed by atoms with E-state index in [1.54, 1.807) is 14.0 Å². The first-order chi connectivity index (χ1) is 16.6. The maximum atomic E-state index is 14.4. The number of benzene rings is 1. The van der Waals surface area contributed by atoms with E-state index in [9.17, 15) is 14.7 Å². The minimum Gasteiger partial charge on any atom is -0.387 e. The standard InChI is InChI=1S/C29H39NO5/c1-17-10-9-13-20-25-28(4,35-25)18(2)24-21(14-19-11-7-6-8-12-19)30-26(32)29(20,24)22(31)15-23(34-5)27(3,33)16-17/h6-9,11-13,17-18,20-21,23-25,33H,10,14-16H2,1-5H3,(H,30,32)/b13-9+/t17-,18-,20-,21-,23+,24-,25-,27-,28+,29+/m1/s1. The summed E-state index contributed by atoms with van der Waals surface area (Å²) in [6, 6.07) is 9.95. The number of methoxy groups -OCH3 is 1. The van der Waals surface area contributed by atoms with Gasteiger partial charge < -0.3 is 19.9 Å². The summed E-state index contributed by atoms with van der Waals surface area (Å²) >= 11 is 0. The molecule has 2 saturated heterocycles. The number of carbonyl (C=O) groups excluding carboxylic acids is 2. The summed E-state index contributed by atoms with van der Waals surface area (Å²) in [5.41, 5.74) is -1.64. The van der Waals surface area contributed by atoms with Crippen LogP contribution in [0.15, 0.2) is 42.5 Å². The molecule has 0 radical (unpaired) electrons. The highest BCUT2D eigenvalue weighted by atomic mass is 16.6. The summed E-state index contributed by atoms with van der Waals surface area (Å²) in [6.07, 6.45) is 5.25. The molecule has 1 saturated carbocycles. The van der Waals surface area contributed by atoms with Gasteiger partial charge in [0.15, 0.2) is 5.78 Å². The van der Waals surface area contributed by atoms with Crippen molar-refractivity contribution in [1.29, 1.82) is 0 Å². The Morgan fingerprint density at radius 2 is 1.89 bits per heavy atom. The van der Waals surface area contributed by atoms with Crippen LogP contribution in [0.4, 0.5) is 0 Å². The monoisotopic (exact) mass is 481 g/mol. The number of Topliss-reactive ketones (excluding diaryl/α,β-unsaturated/α-hetero) is 1. The first-order valence-corrected chi connectivity index (χ1v) is 13.0. The molecule has 3 fully saturated rings. The third kappa shape index (κ3) is 3.71. The van der Waals surface area contributed by atoms with Crippen LogP contribution in [0.5, 0.6) is 0 Å². The molecule has 0 bridgehead atoms. The Balaban J connectivity index is 1.62. The van der Waals surface area contributed by atoms with Gasteiger partial charge in [0.05, 0.1) is 23.4 Å². The second-order valence-electron chi connectivity index (χ2n) is 11.9. The van der Waals surface area contributed by atoms with E-state index in [1.807, 2.05) is 18.2 Å². The molecule has 2 aliphatic heterocycles. The quantitative estimate of drug-likeness (QED) is 0.392. The number of ketones is 1. The molecule has 1 aromatic carbocycles. The van der Waals surface area contributed by atoms with Crippen LogP contribution in [-0.4, -0.2) is 53.4 Å². The fraction of sp³-hybridized carbons (Fsp3) is 0.655. The fourth-order valence-corrected chi connectivity index (χ4v) is 7.66. The van der Waals surface area contributed by atoms with Crippen molar-refractivity contribution in [2.75, 3.05) is 7.11 Å². The fourth-order valence-electron chi connectivity index (χ4n) is 7.66. The molecule has 1 aromatic rings. The average Bonchev–Trinajstić information content (AvgIpc) is 3.42. The number of hydrogen-bond donors (Lipinski definition) is 2. The molecule has 4 aliphatic rings. The number of allylic oxidation sites excluding steroid dienone is 1. The number of epoxide rings is 1. The van der Waals surface area contributed by atoms with Crippen LogP contribution in [0.1, 0.15) is 52.5 Å². The average molecular weight is 482 g/mol. The van der Waals surface area contributed by atoms with Crippen molar-refractivity contribution in [2.24, 2.45) is 29.1 Å². The molecule has 6 nitrogen and oxygen atoms in total. The Labute approximate surface area is 208 Å². The van der Waals surface area contributed by atoms with Gasteiger partial charge in [0, 0.05) is 31.4 Å². The molecule has 5 rings (SSSR count). The number of rotatable bonds is 3. The molecule has 190 valence electrons. The maximum absolute atomic E-state index is 14.4. The van der Waals surface area contributed by atoms with Crippen molar-refractivity contribution < 1.29 is 24.2 Å². The smallest absolute Gasteiger partial charge is 0.235 e. The minimum atomic E-state index is -1.24. The number of hydrogen-bond acceptors (Lipinski definition) is 5. The van der Waals surface area contributed by atoms with Gasteiger partial charge in [0.25, 0.3) is 0 Å². The van der Waals surface area contributed by atoms with Crippen molar-refractivity contribution in [1.82, 2.24) is 5.32 Å². The van der Waals surface area contributed by atoms with Gasteiger partial charge in [-0.1, -0.05) is 56.3 Å². The number of ether oxygens (including phenoxy) is 2. The van der Waals surface area contributed by atoms with E-state index in [1.165, 1.54) is 0 Å². The number of fused-ring (bicyclic) bond motifs is 2. The van der Waals surface area contributed by atoms with Crippen LogP contribution in [-0.2, 0) is 25.5 Å². The molecular weight excluding hydrogens is 442 g/mol. The van der Waals surface area contributed by atoms with Crippen molar-refractivity contribution in [2.45, 2.75) is 82.8 Å². The molecule has 2 N–H and O–H groups in total. The third-order valence-electron chi connectivity index (χ3n) is 9.59. The first-order valence-electron chi connectivity index (χ1n) is 13.0. The predicted molar refractivity (Wildman–Crippen MR) is 133 cm³/mol. The molecule has 2 heterocycles. The SMILES string of the molecule is CO[C@H]1CC(=O)[C@]23C(=O)N[C@H](Cc4ccccc4)[C@H]2[C@@H](C)[C@]2(C)O[C@@H]2[C@H]3/C=C/C[C@@H](C)C[C@@]1(C)O. The van der Waals surface area contributed by atoms with Gasteiger partial charge in [-0.05, 0) is 50.5 Å². The zero-order chi connectivity index (χ0) is 25.2. The van der Waals surface area contributed by atoms with Crippen molar-refractivity contribution in [3.63, 3.8) is 0 Å². The number of amides is 1. The van der Waals surface area contributed by atoms with Crippen molar-refractivity contribution >= 4 is 11.7 Å². The van der Waals surface area contributed by atoms with Crippen LogP contribution in [0.3, 0.4) is 0 Å². The predicted octanol–water partition coefficient (Wildman–Crippen LogP) is 3.46. The summed E-state index contributed by atoms with van der Waals surface area (Å²) < 4.78 is 12.0. The van der Waals surface area contributed by atoms with Crippen LogP contribution in [0.25, 0.3) is 0 Å². The Kier molecular flexibility index (Phi) is 6.01. The summed E-state index contributed by atoms with van der Waals surface area (Å²) in [7, 11) is 1.54. The summed E-state index contributed by atoms with van der Waals surface area (Å²) in [5, 5.41) is 14.6. The van der Waals surface area contributed by atoms with E-state index >= 15 is 0 Å². The number of aliphatic hydroxyl groups is 1. The molecule has 0 unspecified atom stereocenters. The Morgan fingerprint density at radius 1 is 1.17 bits per heavy atom. The van der Waals surface area contributed by atoms with Crippen molar-refractivity contribution in [3.05, 3.63) is 48.0 Å². The molecule has 6 heteroatoms. The highest BCUT2D eigenvalue weighted by molar-refractivity contribution is 6.09. The van der Waals surface area contributed by atoms with Crippen LogP contribution in [0.2, 0.25) is 0 Å².